The maximum atomic E-state index is 12.4. The molecule has 5 nitrogen and oxygen atoms in total. The van der Waals surface area contributed by atoms with Crippen LogP contribution in [0.2, 0.25) is 0 Å². The largest absolute Gasteiger partial charge is 0.395 e. The van der Waals surface area contributed by atoms with E-state index in [9.17, 15) is 9.90 Å². The molecule has 1 aliphatic heterocycles. The van der Waals surface area contributed by atoms with Gasteiger partial charge in [-0.15, -0.1) is 11.3 Å². The van der Waals surface area contributed by atoms with Gasteiger partial charge in [0.05, 0.1) is 12.2 Å². The zero-order chi connectivity index (χ0) is 14.5. The molecule has 6 heteroatoms. The quantitative estimate of drug-likeness (QED) is 0.904. The third-order valence-electron chi connectivity index (χ3n) is 3.78. The van der Waals surface area contributed by atoms with Gasteiger partial charge in [-0.05, 0) is 17.9 Å². The van der Waals surface area contributed by atoms with E-state index in [1.165, 1.54) is 11.3 Å². The van der Waals surface area contributed by atoms with E-state index in [1.54, 1.807) is 16.3 Å². The predicted octanol–water partition coefficient (Wildman–Crippen LogP) is 1.15. The SMILES string of the molecule is CCC(CO)N1CCN(C(=O)c2sccc2C#N)CC1. The van der Waals surface area contributed by atoms with E-state index in [0.29, 0.717) is 23.5 Å². The van der Waals surface area contributed by atoms with E-state index in [-0.39, 0.29) is 18.6 Å². The molecule has 1 aromatic heterocycles. The number of rotatable bonds is 4. The van der Waals surface area contributed by atoms with Crippen LogP contribution < -0.4 is 0 Å². The molecule has 0 bridgehead atoms. The number of amides is 1. The van der Waals surface area contributed by atoms with Crippen molar-refractivity contribution < 1.29 is 9.90 Å². The molecule has 1 aromatic rings. The van der Waals surface area contributed by atoms with Gasteiger partial charge in [-0.3, -0.25) is 9.69 Å². The summed E-state index contributed by atoms with van der Waals surface area (Å²) in [6, 6.07) is 3.93. The van der Waals surface area contributed by atoms with Crippen LogP contribution in [-0.4, -0.2) is 59.6 Å². The molecule has 0 saturated carbocycles. The van der Waals surface area contributed by atoms with E-state index in [1.807, 2.05) is 0 Å². The first-order valence-electron chi connectivity index (χ1n) is 6.83. The number of aliphatic hydroxyl groups excluding tert-OH is 1. The highest BCUT2D eigenvalue weighted by Crippen LogP contribution is 2.19. The highest BCUT2D eigenvalue weighted by Gasteiger charge is 2.27. The molecule has 2 rings (SSSR count). The summed E-state index contributed by atoms with van der Waals surface area (Å²) in [4.78, 5) is 16.9. The molecular weight excluding hydrogens is 274 g/mol. The van der Waals surface area contributed by atoms with E-state index in [4.69, 9.17) is 5.26 Å². The van der Waals surface area contributed by atoms with E-state index >= 15 is 0 Å². The summed E-state index contributed by atoms with van der Waals surface area (Å²) in [6.45, 7) is 5.07. The minimum Gasteiger partial charge on any atom is -0.395 e. The molecule has 2 heterocycles. The van der Waals surface area contributed by atoms with Crippen molar-refractivity contribution in [1.82, 2.24) is 9.80 Å². The molecule has 0 radical (unpaired) electrons. The summed E-state index contributed by atoms with van der Waals surface area (Å²) in [5.41, 5.74) is 0.462. The molecule has 0 spiro atoms. The van der Waals surface area contributed by atoms with Crippen molar-refractivity contribution in [2.24, 2.45) is 0 Å². The average molecular weight is 293 g/mol. The van der Waals surface area contributed by atoms with Gasteiger partial charge in [-0.25, -0.2) is 0 Å². The molecule has 0 aromatic carbocycles. The number of aliphatic hydroxyl groups is 1. The lowest BCUT2D eigenvalue weighted by atomic mass is 10.1. The Labute approximate surface area is 123 Å². The van der Waals surface area contributed by atoms with Crippen molar-refractivity contribution in [3.05, 3.63) is 21.9 Å². The Kier molecular flexibility index (Phi) is 5.12. The van der Waals surface area contributed by atoms with Gasteiger partial charge in [0.2, 0.25) is 0 Å². The summed E-state index contributed by atoms with van der Waals surface area (Å²) in [5, 5.41) is 20.1. The lowest BCUT2D eigenvalue weighted by molar-refractivity contribution is 0.0476. The Bertz CT molecular complexity index is 497. The number of nitriles is 1. The normalized spacial score (nSPS) is 17.8. The van der Waals surface area contributed by atoms with Crippen molar-refractivity contribution in [3.63, 3.8) is 0 Å². The molecule has 1 saturated heterocycles. The third-order valence-corrected chi connectivity index (χ3v) is 4.68. The fraction of sp³-hybridized carbons (Fsp3) is 0.571. The van der Waals surface area contributed by atoms with Crippen molar-refractivity contribution in [3.8, 4) is 6.07 Å². The molecule has 1 aliphatic rings. The Morgan fingerprint density at radius 3 is 2.75 bits per heavy atom. The standard InChI is InChI=1S/C14H19N3O2S/c1-2-12(10-18)16-4-6-17(7-5-16)14(19)13-11(9-15)3-8-20-13/h3,8,12,18H,2,4-7,10H2,1H3. The molecule has 1 amide bonds. The predicted molar refractivity (Wildman–Crippen MR) is 77.7 cm³/mol. The smallest absolute Gasteiger partial charge is 0.265 e. The van der Waals surface area contributed by atoms with Gasteiger partial charge in [-0.2, -0.15) is 5.26 Å². The lowest BCUT2D eigenvalue weighted by Gasteiger charge is -2.38. The van der Waals surface area contributed by atoms with E-state index in [0.717, 1.165) is 19.5 Å². The topological polar surface area (TPSA) is 67.6 Å². The lowest BCUT2D eigenvalue weighted by Crippen LogP contribution is -2.52. The van der Waals surface area contributed by atoms with E-state index < -0.39 is 0 Å². The first-order chi connectivity index (χ1) is 9.71. The fourth-order valence-corrected chi connectivity index (χ4v) is 3.31. The number of hydrogen-bond acceptors (Lipinski definition) is 5. The van der Waals surface area contributed by atoms with Crippen LogP contribution in [-0.2, 0) is 0 Å². The molecule has 1 N–H and O–H groups in total. The minimum absolute atomic E-state index is 0.0479. The molecule has 1 fully saturated rings. The van der Waals surface area contributed by atoms with Crippen molar-refractivity contribution >= 4 is 17.2 Å². The number of hydrogen-bond donors (Lipinski definition) is 1. The highest BCUT2D eigenvalue weighted by molar-refractivity contribution is 7.12. The van der Waals surface area contributed by atoms with Crippen molar-refractivity contribution in [2.75, 3.05) is 32.8 Å². The number of nitrogens with zero attached hydrogens (tertiary/aromatic N) is 3. The second-order valence-electron chi connectivity index (χ2n) is 4.85. The number of carbonyl (C=O) groups is 1. The van der Waals surface area contributed by atoms with Crippen molar-refractivity contribution in [2.45, 2.75) is 19.4 Å². The van der Waals surface area contributed by atoms with Crippen LogP contribution in [0.5, 0.6) is 0 Å². The number of thiophene rings is 1. The zero-order valence-corrected chi connectivity index (χ0v) is 12.4. The minimum atomic E-state index is -0.0479. The number of carbonyl (C=O) groups excluding carboxylic acids is 1. The van der Waals surface area contributed by atoms with E-state index in [2.05, 4.69) is 17.9 Å². The Hall–Kier alpha value is -1.42. The highest BCUT2D eigenvalue weighted by atomic mass is 32.1. The van der Waals surface area contributed by atoms with Crippen LogP contribution >= 0.6 is 11.3 Å². The molecular formula is C14H19N3O2S. The molecule has 0 aliphatic carbocycles. The van der Waals surface area contributed by atoms with Gasteiger partial charge >= 0.3 is 0 Å². The summed E-state index contributed by atoms with van der Waals surface area (Å²) in [7, 11) is 0. The third kappa shape index (κ3) is 3.01. The first-order valence-corrected chi connectivity index (χ1v) is 7.71. The second-order valence-corrected chi connectivity index (χ2v) is 5.76. The monoisotopic (exact) mass is 293 g/mol. The van der Waals surface area contributed by atoms with Crippen LogP contribution in [0.25, 0.3) is 0 Å². The van der Waals surface area contributed by atoms with Gasteiger partial charge in [0.15, 0.2) is 0 Å². The maximum absolute atomic E-state index is 12.4. The van der Waals surface area contributed by atoms with Crippen LogP contribution in [0, 0.1) is 11.3 Å². The molecule has 1 unspecified atom stereocenters. The summed E-state index contributed by atoms with van der Waals surface area (Å²) in [5.74, 6) is -0.0479. The zero-order valence-electron chi connectivity index (χ0n) is 11.6. The molecule has 20 heavy (non-hydrogen) atoms. The molecule has 108 valence electrons. The Balaban J connectivity index is 1.97. The van der Waals surface area contributed by atoms with Crippen molar-refractivity contribution in [1.29, 1.82) is 5.26 Å². The van der Waals surface area contributed by atoms with Crippen LogP contribution in [0.3, 0.4) is 0 Å². The van der Waals surface area contributed by atoms with Gasteiger partial charge in [0, 0.05) is 32.2 Å². The van der Waals surface area contributed by atoms with Gasteiger partial charge in [0.1, 0.15) is 10.9 Å². The van der Waals surface area contributed by atoms with Crippen LogP contribution in [0.1, 0.15) is 28.6 Å². The second kappa shape index (κ2) is 6.84. The summed E-state index contributed by atoms with van der Waals surface area (Å²) >= 11 is 1.32. The fourth-order valence-electron chi connectivity index (χ4n) is 2.50. The maximum Gasteiger partial charge on any atom is 0.265 e. The summed E-state index contributed by atoms with van der Waals surface area (Å²) in [6.07, 6.45) is 0.911. The van der Waals surface area contributed by atoms with Gasteiger partial charge in [0.25, 0.3) is 5.91 Å². The average Bonchev–Trinajstić information content (AvgIpc) is 2.97. The van der Waals surface area contributed by atoms with Crippen LogP contribution in [0.4, 0.5) is 0 Å². The Morgan fingerprint density at radius 1 is 1.50 bits per heavy atom. The first kappa shape index (κ1) is 15.0. The Morgan fingerprint density at radius 2 is 2.20 bits per heavy atom. The van der Waals surface area contributed by atoms with Crippen LogP contribution in [0.15, 0.2) is 11.4 Å². The van der Waals surface area contributed by atoms with Gasteiger partial charge < -0.3 is 10.0 Å². The summed E-state index contributed by atoms with van der Waals surface area (Å²) < 4.78 is 0. The molecule has 1 atom stereocenters. The number of piperazine rings is 1. The van der Waals surface area contributed by atoms with Gasteiger partial charge in [-0.1, -0.05) is 6.92 Å².